The molecule has 54 heavy (non-hydrogen) atoms. The van der Waals surface area contributed by atoms with Gasteiger partial charge in [0, 0.05) is 14.5 Å². The van der Waals surface area contributed by atoms with Crippen LogP contribution in [0.15, 0.2) is 30.3 Å². The van der Waals surface area contributed by atoms with Crippen LogP contribution in [0.5, 0.6) is 0 Å². The molecule has 1 aromatic rings. The summed E-state index contributed by atoms with van der Waals surface area (Å²) in [6, 6.07) is 11.3. The van der Waals surface area contributed by atoms with E-state index in [0.29, 0.717) is 0 Å². The van der Waals surface area contributed by atoms with Crippen molar-refractivity contribution >= 4 is 63.2 Å². The van der Waals surface area contributed by atoms with Gasteiger partial charge in [0.1, 0.15) is 0 Å². The van der Waals surface area contributed by atoms with E-state index in [1.807, 2.05) is 0 Å². The summed E-state index contributed by atoms with van der Waals surface area (Å²) < 4.78 is 0. The standard InChI is InChI=1S/C28H60P.C19H34P.2BrH.2ClH.Co/c1-5-9-13-14-15-16-17-18-19-20-21-22-23-24-28-29(25-10-6-2,26-11-7-3)27-12-8-4;1-4-7-15-20(16-8-5-2,17-9-6-3)18-19-13-11-10-12-14-19;;;;;/h5-28H2,1-4H3;10-14H,4-9,15-18H2,1-3H3;4*1H;/q2*+1;;;;;+2/p-4. The van der Waals surface area contributed by atoms with Crippen molar-refractivity contribution in [1.82, 2.24) is 0 Å². The van der Waals surface area contributed by atoms with Gasteiger partial charge in [-0.05, 0) is 56.9 Å². The fourth-order valence-corrected chi connectivity index (χ4v) is 18.1. The molecule has 0 aliphatic rings. The maximum atomic E-state index is 5.24. The van der Waals surface area contributed by atoms with Crippen LogP contribution in [0.1, 0.15) is 221 Å². The quantitative estimate of drug-likeness (QED) is 0.0470. The van der Waals surface area contributed by atoms with Gasteiger partial charge in [0.05, 0.1) is 49.3 Å². The van der Waals surface area contributed by atoms with Gasteiger partial charge >= 0.3 is 55.9 Å². The second-order valence-corrected chi connectivity index (χ2v) is 44.2. The van der Waals surface area contributed by atoms with Crippen molar-refractivity contribution in [3.63, 3.8) is 0 Å². The summed E-state index contributed by atoms with van der Waals surface area (Å²) in [5.74, 6) is 0. The first-order valence-corrected chi connectivity index (χ1v) is 36.3. The number of unbranched alkanes of at least 4 members (excludes halogenated alkanes) is 19. The molecule has 0 heterocycles. The van der Waals surface area contributed by atoms with Gasteiger partial charge in [0.2, 0.25) is 0 Å². The molecule has 0 aliphatic heterocycles. The number of hydrogen-bond donors (Lipinski definition) is 0. The zero-order valence-corrected chi connectivity index (χ0v) is 44.7. The SMILES string of the molecule is CCCCCCCCCCCCCCCC[P+](CCCC)(CCCC)CCCC.CCCC[P+](CCCC)(CCCC)Cc1ccccc1.[Cl][Co-2]([Cl])([Br])[Br]. The summed E-state index contributed by atoms with van der Waals surface area (Å²) in [4.78, 5) is 0. The van der Waals surface area contributed by atoms with E-state index >= 15 is 0 Å². The molecule has 1 rings (SSSR count). The fourth-order valence-electron chi connectivity index (χ4n) is 7.82. The van der Waals surface area contributed by atoms with Crippen LogP contribution < -0.4 is 0 Å². The first-order chi connectivity index (χ1) is 26.0. The molecule has 0 saturated carbocycles. The van der Waals surface area contributed by atoms with Gasteiger partial charge in [0.15, 0.2) is 0 Å². The Kier molecular flexibility index (Phi) is 45.1. The van der Waals surface area contributed by atoms with Crippen molar-refractivity contribution in [2.45, 2.75) is 222 Å². The molecule has 0 fully saturated rings. The summed E-state index contributed by atoms with van der Waals surface area (Å²) in [7, 11) is 7.27. The molecule has 0 atom stereocenters. The third kappa shape index (κ3) is 39.6. The molecule has 0 spiro atoms. The van der Waals surface area contributed by atoms with Gasteiger partial charge in [-0.3, -0.25) is 0 Å². The minimum atomic E-state index is -1.81. The summed E-state index contributed by atoms with van der Waals surface area (Å²) in [6.45, 7) is 16.5. The van der Waals surface area contributed by atoms with Crippen molar-refractivity contribution in [2.75, 3.05) is 43.1 Å². The average Bonchev–Trinajstić information content (AvgIpc) is 3.16. The Morgan fingerprint density at radius 2 is 0.611 bits per heavy atom. The zero-order valence-electron chi connectivity index (χ0n) is 37.2. The van der Waals surface area contributed by atoms with E-state index < -0.39 is 21.8 Å². The predicted molar refractivity (Wildman–Crippen MR) is 267 cm³/mol. The van der Waals surface area contributed by atoms with Gasteiger partial charge in [-0.15, -0.1) is 0 Å². The zero-order chi connectivity index (χ0) is 40.7. The first kappa shape index (κ1) is 58.2. The molecule has 0 radical (unpaired) electrons. The fraction of sp³-hybridized carbons (Fsp3) is 0.872. The van der Waals surface area contributed by atoms with Crippen molar-refractivity contribution in [1.29, 1.82) is 0 Å². The molecular formula is C47H94Br2Cl2CoP2. The van der Waals surface area contributed by atoms with Crippen LogP contribution in [-0.2, 0) is 13.4 Å². The first-order valence-electron chi connectivity index (χ1n) is 23.2. The molecule has 0 aliphatic carbocycles. The Bertz CT molecular complexity index is 821. The summed E-state index contributed by atoms with van der Waals surface area (Å²) in [6.07, 6.45) is 50.3. The third-order valence-corrected chi connectivity index (χ3v) is 21.2. The number of benzene rings is 1. The van der Waals surface area contributed by atoms with E-state index in [1.54, 1.807) is 36.6 Å². The molecule has 0 bridgehead atoms. The van der Waals surface area contributed by atoms with Crippen LogP contribution in [-0.4, -0.2) is 43.1 Å². The molecule has 0 N–H and O–H groups in total. The monoisotopic (exact) mass is 1010 g/mol. The van der Waals surface area contributed by atoms with Crippen LogP contribution in [0, 0.1) is 0 Å². The molecule has 329 valence electrons. The molecule has 7 heteroatoms. The van der Waals surface area contributed by atoms with Crippen molar-refractivity contribution < 1.29 is 7.23 Å². The van der Waals surface area contributed by atoms with Gasteiger partial charge in [0.25, 0.3) is 0 Å². The Morgan fingerprint density at radius 1 is 0.370 bits per heavy atom. The summed E-state index contributed by atoms with van der Waals surface area (Å²) >= 11 is 5.86. The minimum absolute atomic E-state index is 0.630. The summed E-state index contributed by atoms with van der Waals surface area (Å²) in [5, 5.41) is 0. The van der Waals surface area contributed by atoms with E-state index in [9.17, 15) is 0 Å². The Morgan fingerprint density at radius 3 is 0.907 bits per heavy atom. The second-order valence-electron chi connectivity index (χ2n) is 16.4. The van der Waals surface area contributed by atoms with E-state index in [4.69, 9.17) is 20.3 Å². The molecule has 0 aromatic heterocycles. The van der Waals surface area contributed by atoms with Gasteiger partial charge in [-0.25, -0.2) is 0 Å². The Hall–Kier alpha value is 2.13. The number of hydrogen-bond acceptors (Lipinski definition) is 0. The van der Waals surface area contributed by atoms with Gasteiger partial charge in [-0.2, -0.15) is 0 Å². The molecule has 0 amide bonds. The van der Waals surface area contributed by atoms with Crippen LogP contribution in [0.2, 0.25) is 0 Å². The number of halogens is 4. The molecular weight excluding hydrogens is 916 g/mol. The van der Waals surface area contributed by atoms with Crippen LogP contribution in [0.25, 0.3) is 0 Å². The van der Waals surface area contributed by atoms with E-state index in [1.165, 1.54) is 185 Å². The van der Waals surface area contributed by atoms with E-state index in [2.05, 4.69) is 107 Å². The molecule has 0 nitrogen and oxygen atoms in total. The molecule has 0 unspecified atom stereocenters. The average molecular weight is 1010 g/mol. The maximum absolute atomic E-state index is 5.24. The Balaban J connectivity index is 0. The van der Waals surface area contributed by atoms with E-state index in [0.717, 1.165) is 0 Å². The third-order valence-electron chi connectivity index (χ3n) is 11.3. The van der Waals surface area contributed by atoms with Gasteiger partial charge in [-0.1, -0.05) is 194 Å². The Labute approximate surface area is 368 Å². The van der Waals surface area contributed by atoms with Crippen molar-refractivity contribution in [2.24, 2.45) is 0 Å². The number of rotatable bonds is 35. The summed E-state index contributed by atoms with van der Waals surface area (Å²) in [5.41, 5.74) is 1.59. The second kappa shape index (κ2) is 41.8. The van der Waals surface area contributed by atoms with E-state index in [-0.39, 0.29) is 0 Å². The van der Waals surface area contributed by atoms with Gasteiger partial charge < -0.3 is 0 Å². The van der Waals surface area contributed by atoms with Crippen LogP contribution in [0.3, 0.4) is 0 Å². The van der Waals surface area contributed by atoms with Crippen LogP contribution >= 0.6 is 63.2 Å². The van der Waals surface area contributed by atoms with Crippen molar-refractivity contribution in [3.05, 3.63) is 35.9 Å². The van der Waals surface area contributed by atoms with Crippen LogP contribution in [0.4, 0.5) is 0 Å². The molecule has 1 aromatic carbocycles. The topological polar surface area (TPSA) is 0 Å². The van der Waals surface area contributed by atoms with Crippen molar-refractivity contribution in [3.8, 4) is 0 Å². The molecule has 0 saturated heterocycles. The predicted octanol–water partition coefficient (Wildman–Crippen LogP) is 20.6. The normalized spacial score (nSPS) is 12.2.